The number of hydrazone groups is 1. The summed E-state index contributed by atoms with van der Waals surface area (Å²) in [7, 11) is 3.37. The molecule has 2 unspecified atom stereocenters. The third kappa shape index (κ3) is 2.53. The molecule has 12 heavy (non-hydrogen) atoms. The van der Waals surface area contributed by atoms with Crippen molar-refractivity contribution in [1.82, 2.24) is 10.3 Å². The average Bonchev–Trinajstić information content (AvgIpc) is 2.66. The number of urea groups is 1. The van der Waals surface area contributed by atoms with E-state index in [4.69, 9.17) is 0 Å². The number of nitrogens with zero attached hydrogens (tertiary/aromatic N) is 2. The summed E-state index contributed by atoms with van der Waals surface area (Å²) in [5.74, 6) is 1.32. The van der Waals surface area contributed by atoms with E-state index in [9.17, 15) is 4.79 Å². The van der Waals surface area contributed by atoms with E-state index in [1.54, 1.807) is 14.1 Å². The highest BCUT2D eigenvalue weighted by Crippen LogP contribution is 2.35. The van der Waals surface area contributed by atoms with Gasteiger partial charge in [-0.2, -0.15) is 5.10 Å². The molecule has 1 aliphatic rings. The number of rotatable bonds is 2. The van der Waals surface area contributed by atoms with Crippen LogP contribution in [0.15, 0.2) is 5.10 Å². The zero-order valence-corrected chi connectivity index (χ0v) is 7.74. The molecule has 1 aliphatic carbocycles. The fourth-order valence-electron chi connectivity index (χ4n) is 0.847. The molecule has 0 aromatic heterocycles. The average molecular weight is 169 g/mol. The first-order valence-corrected chi connectivity index (χ1v) is 4.11. The summed E-state index contributed by atoms with van der Waals surface area (Å²) < 4.78 is 0. The summed E-state index contributed by atoms with van der Waals surface area (Å²) in [4.78, 5) is 12.4. The van der Waals surface area contributed by atoms with Gasteiger partial charge in [-0.25, -0.2) is 10.2 Å². The first-order chi connectivity index (χ1) is 5.61. The first kappa shape index (κ1) is 9.03. The Bertz CT molecular complexity index is 200. The van der Waals surface area contributed by atoms with Crippen LogP contribution in [-0.4, -0.2) is 31.2 Å². The molecule has 1 saturated carbocycles. The topological polar surface area (TPSA) is 44.7 Å². The van der Waals surface area contributed by atoms with Crippen LogP contribution in [0.2, 0.25) is 0 Å². The van der Waals surface area contributed by atoms with E-state index in [1.165, 1.54) is 11.3 Å². The van der Waals surface area contributed by atoms with Crippen molar-refractivity contribution in [2.24, 2.45) is 16.9 Å². The Labute approximate surface area is 72.6 Å². The van der Waals surface area contributed by atoms with Crippen molar-refractivity contribution >= 4 is 12.2 Å². The van der Waals surface area contributed by atoms with Crippen LogP contribution in [0.5, 0.6) is 0 Å². The smallest absolute Gasteiger partial charge is 0.329 e. The lowest BCUT2D eigenvalue weighted by Gasteiger charge is -2.07. The van der Waals surface area contributed by atoms with Gasteiger partial charge >= 0.3 is 6.03 Å². The Morgan fingerprint density at radius 1 is 1.67 bits per heavy atom. The lowest BCUT2D eigenvalue weighted by atomic mass is 10.4. The summed E-state index contributed by atoms with van der Waals surface area (Å²) in [6, 6.07) is -0.181. The van der Waals surface area contributed by atoms with Gasteiger partial charge in [0.2, 0.25) is 0 Å². The van der Waals surface area contributed by atoms with Crippen molar-refractivity contribution in [3.8, 4) is 0 Å². The van der Waals surface area contributed by atoms with E-state index in [-0.39, 0.29) is 6.03 Å². The molecule has 0 spiro atoms. The monoisotopic (exact) mass is 169 g/mol. The third-order valence-electron chi connectivity index (χ3n) is 2.00. The maximum absolute atomic E-state index is 10.9. The van der Waals surface area contributed by atoms with Crippen LogP contribution in [0.25, 0.3) is 0 Å². The predicted octanol–water partition coefficient (Wildman–Crippen LogP) is 0.899. The molecule has 0 heterocycles. The summed E-state index contributed by atoms with van der Waals surface area (Å²) in [6.07, 6.45) is 3.01. The third-order valence-corrected chi connectivity index (χ3v) is 2.00. The highest BCUT2D eigenvalue weighted by atomic mass is 16.2. The van der Waals surface area contributed by atoms with Crippen LogP contribution in [-0.2, 0) is 0 Å². The summed E-state index contributed by atoms with van der Waals surface area (Å²) in [5.41, 5.74) is 2.43. The molecule has 1 rings (SSSR count). The zero-order valence-electron chi connectivity index (χ0n) is 7.74. The van der Waals surface area contributed by atoms with Crippen molar-refractivity contribution in [2.45, 2.75) is 13.3 Å². The minimum atomic E-state index is -0.181. The molecule has 0 radical (unpaired) electrons. The molecule has 0 aromatic rings. The van der Waals surface area contributed by atoms with Crippen molar-refractivity contribution in [3.63, 3.8) is 0 Å². The first-order valence-electron chi connectivity index (χ1n) is 4.11. The lowest BCUT2D eigenvalue weighted by molar-refractivity contribution is 0.218. The zero-order chi connectivity index (χ0) is 9.14. The van der Waals surface area contributed by atoms with Gasteiger partial charge in [0.05, 0.1) is 0 Å². The van der Waals surface area contributed by atoms with E-state index in [0.29, 0.717) is 5.92 Å². The molecule has 0 saturated heterocycles. The van der Waals surface area contributed by atoms with Gasteiger partial charge in [0.15, 0.2) is 0 Å². The largest absolute Gasteiger partial charge is 0.337 e. The van der Waals surface area contributed by atoms with Gasteiger partial charge in [-0.1, -0.05) is 6.92 Å². The van der Waals surface area contributed by atoms with Gasteiger partial charge in [-0.3, -0.25) is 0 Å². The molecule has 1 fully saturated rings. The number of carbonyl (C=O) groups excluding carboxylic acids is 1. The number of nitrogens with one attached hydrogen (secondary N) is 1. The van der Waals surface area contributed by atoms with Crippen LogP contribution in [0.1, 0.15) is 13.3 Å². The molecule has 0 bridgehead atoms. The van der Waals surface area contributed by atoms with Crippen LogP contribution >= 0.6 is 0 Å². The number of amides is 2. The predicted molar refractivity (Wildman–Crippen MR) is 48.0 cm³/mol. The normalized spacial score (nSPS) is 27.2. The molecule has 0 aromatic carbocycles. The molecule has 4 heteroatoms. The van der Waals surface area contributed by atoms with Gasteiger partial charge in [0.25, 0.3) is 0 Å². The van der Waals surface area contributed by atoms with Crippen LogP contribution in [0.4, 0.5) is 4.79 Å². The highest BCUT2D eigenvalue weighted by molar-refractivity contribution is 5.75. The van der Waals surface area contributed by atoms with E-state index in [2.05, 4.69) is 17.5 Å². The number of hydrogen-bond donors (Lipinski definition) is 1. The second-order valence-corrected chi connectivity index (χ2v) is 3.47. The summed E-state index contributed by atoms with van der Waals surface area (Å²) in [6.45, 7) is 2.17. The summed E-state index contributed by atoms with van der Waals surface area (Å²) in [5, 5.41) is 3.84. The SMILES string of the molecule is CC1CC1/C=N/NC(=O)N(C)C. The highest BCUT2D eigenvalue weighted by Gasteiger charge is 2.30. The Kier molecular flexibility index (Phi) is 2.68. The molecule has 4 nitrogen and oxygen atoms in total. The summed E-state index contributed by atoms with van der Waals surface area (Å²) >= 11 is 0. The van der Waals surface area contributed by atoms with Gasteiger partial charge in [0.1, 0.15) is 0 Å². The van der Waals surface area contributed by atoms with Gasteiger partial charge < -0.3 is 4.90 Å². The Balaban J connectivity index is 2.16. The van der Waals surface area contributed by atoms with Crippen LogP contribution in [0, 0.1) is 11.8 Å². The van der Waals surface area contributed by atoms with Gasteiger partial charge in [-0.15, -0.1) is 0 Å². The van der Waals surface area contributed by atoms with Gasteiger partial charge in [0, 0.05) is 20.3 Å². The fraction of sp³-hybridized carbons (Fsp3) is 0.750. The second kappa shape index (κ2) is 3.56. The molecule has 0 aliphatic heterocycles. The lowest BCUT2D eigenvalue weighted by Crippen LogP contribution is -2.31. The molecular weight excluding hydrogens is 154 g/mol. The Hall–Kier alpha value is -1.06. The molecule has 1 N–H and O–H groups in total. The minimum absolute atomic E-state index is 0.181. The standard InChI is InChI=1S/C8H15N3O/c1-6-4-7(6)5-9-10-8(12)11(2)3/h5-7H,4H2,1-3H3,(H,10,12)/b9-5+. The van der Waals surface area contributed by atoms with Crippen molar-refractivity contribution in [1.29, 1.82) is 0 Å². The van der Waals surface area contributed by atoms with E-state index >= 15 is 0 Å². The van der Waals surface area contributed by atoms with Crippen molar-refractivity contribution in [3.05, 3.63) is 0 Å². The Morgan fingerprint density at radius 2 is 2.25 bits per heavy atom. The molecule has 2 amide bonds. The van der Waals surface area contributed by atoms with E-state index in [1.807, 2.05) is 6.21 Å². The van der Waals surface area contributed by atoms with E-state index in [0.717, 1.165) is 5.92 Å². The van der Waals surface area contributed by atoms with Crippen molar-refractivity contribution in [2.75, 3.05) is 14.1 Å². The van der Waals surface area contributed by atoms with E-state index < -0.39 is 0 Å². The number of carbonyl (C=O) groups is 1. The quantitative estimate of drug-likeness (QED) is 0.484. The number of hydrogen-bond acceptors (Lipinski definition) is 2. The maximum Gasteiger partial charge on any atom is 0.337 e. The molecule has 68 valence electrons. The van der Waals surface area contributed by atoms with Crippen molar-refractivity contribution < 1.29 is 4.79 Å². The second-order valence-electron chi connectivity index (χ2n) is 3.47. The minimum Gasteiger partial charge on any atom is -0.329 e. The fourth-order valence-corrected chi connectivity index (χ4v) is 0.847. The molecular formula is C8H15N3O. The van der Waals surface area contributed by atoms with Gasteiger partial charge in [-0.05, 0) is 18.3 Å². The van der Waals surface area contributed by atoms with Crippen LogP contribution in [0.3, 0.4) is 0 Å². The Morgan fingerprint density at radius 3 is 2.67 bits per heavy atom. The van der Waals surface area contributed by atoms with Crippen LogP contribution < -0.4 is 5.43 Å². The maximum atomic E-state index is 10.9. The molecule has 2 atom stereocenters.